The van der Waals surface area contributed by atoms with Crippen molar-refractivity contribution in [1.29, 1.82) is 0 Å². The molecule has 0 aromatic rings. The molecular weight excluding hydrogens is 150 g/mol. The summed E-state index contributed by atoms with van der Waals surface area (Å²) in [5.41, 5.74) is 5.24. The van der Waals surface area contributed by atoms with Crippen molar-refractivity contribution in [2.24, 2.45) is 10.5 Å². The SMILES string of the molecule is NCCC[SiH2]N=[N+]([O-])[SiH3]. The number of nitrogens with two attached hydrogens (primary N) is 1. The van der Waals surface area contributed by atoms with Gasteiger partial charge in [-0.15, -0.1) is 4.78 Å². The van der Waals surface area contributed by atoms with Crippen LogP contribution in [0, 0.1) is 5.21 Å². The van der Waals surface area contributed by atoms with Crippen molar-refractivity contribution in [2.75, 3.05) is 6.54 Å². The molecule has 0 atom stereocenters. The molecule has 0 aromatic carbocycles. The van der Waals surface area contributed by atoms with E-state index in [-0.39, 0.29) is 0 Å². The minimum atomic E-state index is -0.454. The van der Waals surface area contributed by atoms with Gasteiger partial charge in [-0.3, -0.25) is 0 Å². The van der Waals surface area contributed by atoms with Gasteiger partial charge < -0.3 is 10.9 Å². The van der Waals surface area contributed by atoms with Crippen LogP contribution in [-0.4, -0.2) is 31.2 Å². The van der Waals surface area contributed by atoms with Crippen molar-refractivity contribution in [3.05, 3.63) is 5.21 Å². The van der Waals surface area contributed by atoms with Gasteiger partial charge in [0.2, 0.25) is 9.68 Å². The lowest BCUT2D eigenvalue weighted by Gasteiger charge is -1.93. The number of nitrogens with zero attached hydrogens (tertiary/aromatic N) is 2. The van der Waals surface area contributed by atoms with Crippen molar-refractivity contribution in [1.82, 2.24) is 0 Å². The van der Waals surface area contributed by atoms with Crippen LogP contribution in [0.25, 0.3) is 0 Å². The Balaban J connectivity index is 3.00. The van der Waals surface area contributed by atoms with Crippen LogP contribution in [0.3, 0.4) is 0 Å². The minimum absolute atomic E-state index is 0.454. The van der Waals surface area contributed by atoms with E-state index >= 15 is 0 Å². The van der Waals surface area contributed by atoms with Crippen molar-refractivity contribution < 1.29 is 4.53 Å². The summed E-state index contributed by atoms with van der Waals surface area (Å²) in [5, 5.41) is 10.2. The Kier molecular flexibility index (Phi) is 5.79. The van der Waals surface area contributed by atoms with Gasteiger partial charge >= 0.3 is 10.4 Å². The molecule has 6 heteroatoms. The lowest BCUT2D eigenvalue weighted by molar-refractivity contribution is -0.362. The Morgan fingerprint density at radius 1 is 1.78 bits per heavy atom. The lowest BCUT2D eigenvalue weighted by Crippen LogP contribution is -2.01. The van der Waals surface area contributed by atoms with E-state index in [4.69, 9.17) is 5.73 Å². The predicted molar refractivity (Wildman–Crippen MR) is 43.0 cm³/mol. The fourth-order valence-electron chi connectivity index (χ4n) is 0.468. The van der Waals surface area contributed by atoms with Crippen LogP contribution < -0.4 is 5.73 Å². The van der Waals surface area contributed by atoms with E-state index < -0.39 is 9.68 Å². The van der Waals surface area contributed by atoms with Gasteiger partial charge in [0.25, 0.3) is 0 Å². The van der Waals surface area contributed by atoms with Gasteiger partial charge in [0.1, 0.15) is 0 Å². The molecular formula is C3H13N3OSi2. The van der Waals surface area contributed by atoms with Crippen molar-refractivity contribution in [3.8, 4) is 0 Å². The van der Waals surface area contributed by atoms with Crippen LogP contribution >= 0.6 is 0 Å². The van der Waals surface area contributed by atoms with Gasteiger partial charge in [-0.2, -0.15) is 4.53 Å². The van der Waals surface area contributed by atoms with E-state index in [0.717, 1.165) is 23.5 Å². The van der Waals surface area contributed by atoms with Crippen molar-refractivity contribution in [3.63, 3.8) is 0 Å². The third-order valence-corrected chi connectivity index (χ3v) is 3.17. The van der Waals surface area contributed by atoms with Gasteiger partial charge in [-0.1, -0.05) is 0 Å². The normalized spacial score (nSPS) is 13.7. The molecule has 0 saturated heterocycles. The molecule has 0 aliphatic rings. The Labute approximate surface area is 60.1 Å². The first-order valence-corrected chi connectivity index (χ1v) is 5.58. The maximum absolute atomic E-state index is 10.2. The van der Waals surface area contributed by atoms with E-state index in [2.05, 4.69) is 4.78 Å². The molecule has 0 aliphatic heterocycles. The highest BCUT2D eigenvalue weighted by Crippen LogP contribution is 1.84. The molecule has 0 amide bonds. The lowest BCUT2D eigenvalue weighted by atomic mass is 10.5. The molecule has 0 aliphatic carbocycles. The summed E-state index contributed by atoms with van der Waals surface area (Å²) < 4.78 is 4.57. The van der Waals surface area contributed by atoms with E-state index in [0.29, 0.717) is 10.4 Å². The Morgan fingerprint density at radius 3 is 2.89 bits per heavy atom. The third kappa shape index (κ3) is 7.79. The van der Waals surface area contributed by atoms with Gasteiger partial charge in [0.05, 0.1) is 0 Å². The monoisotopic (exact) mass is 163 g/mol. The molecule has 0 heterocycles. The van der Waals surface area contributed by atoms with Crippen LogP contribution in [0.2, 0.25) is 6.04 Å². The summed E-state index contributed by atoms with van der Waals surface area (Å²) >= 11 is 0. The Morgan fingerprint density at radius 2 is 2.44 bits per heavy atom. The summed E-state index contributed by atoms with van der Waals surface area (Å²) in [4.78, 5) is 0. The van der Waals surface area contributed by atoms with E-state index in [1.807, 2.05) is 0 Å². The standard InChI is InChI=1S/C3H13N3OSi2/c4-2-1-3-9-5-6(7)8/h1-4,9H2,8H3. The van der Waals surface area contributed by atoms with Crippen LogP contribution in [0.15, 0.2) is 4.78 Å². The Bertz CT molecular complexity index is 93.1. The average Bonchev–Trinajstić information content (AvgIpc) is 1.80. The zero-order valence-electron chi connectivity index (χ0n) is 5.71. The molecule has 54 valence electrons. The minimum Gasteiger partial charge on any atom is -0.622 e. The van der Waals surface area contributed by atoms with Crippen LogP contribution in [0.1, 0.15) is 6.42 Å². The first-order chi connectivity index (χ1) is 4.27. The van der Waals surface area contributed by atoms with Gasteiger partial charge in [0, 0.05) is 0 Å². The highest BCUT2D eigenvalue weighted by atomic mass is 28.2. The van der Waals surface area contributed by atoms with Crippen LogP contribution in [0.5, 0.6) is 0 Å². The summed E-state index contributed by atoms with van der Waals surface area (Å²) in [6.45, 7) is 0.725. The summed E-state index contributed by atoms with van der Waals surface area (Å²) in [6.07, 6.45) is 1.02. The van der Waals surface area contributed by atoms with E-state index in [1.54, 1.807) is 0 Å². The highest BCUT2D eigenvalue weighted by molar-refractivity contribution is 6.32. The van der Waals surface area contributed by atoms with E-state index in [9.17, 15) is 5.21 Å². The fraction of sp³-hybridized carbons (Fsp3) is 1.00. The molecule has 0 aromatic heterocycles. The first-order valence-electron chi connectivity index (χ1n) is 3.05. The van der Waals surface area contributed by atoms with Gasteiger partial charge in [0.15, 0.2) is 0 Å². The second-order valence-electron chi connectivity index (χ2n) is 1.83. The number of hydrogen-bond acceptors (Lipinski definition) is 3. The second-order valence-corrected chi connectivity index (χ2v) is 4.03. The molecule has 9 heavy (non-hydrogen) atoms. The maximum atomic E-state index is 10.2. The first kappa shape index (κ1) is 8.79. The third-order valence-electron chi connectivity index (χ3n) is 0.911. The summed E-state index contributed by atoms with van der Waals surface area (Å²) in [7, 11) is 0.0478. The molecule has 0 saturated carbocycles. The number of rotatable bonds is 4. The molecule has 0 spiro atoms. The molecule has 0 bridgehead atoms. The van der Waals surface area contributed by atoms with Crippen LogP contribution in [-0.2, 0) is 0 Å². The Hall–Kier alpha value is -0.206. The smallest absolute Gasteiger partial charge is 0.352 e. The molecule has 0 radical (unpaired) electrons. The molecule has 4 nitrogen and oxygen atoms in total. The summed E-state index contributed by atoms with van der Waals surface area (Å²) in [6, 6.07) is 1.07. The van der Waals surface area contributed by atoms with E-state index in [1.165, 1.54) is 0 Å². The predicted octanol–water partition coefficient (Wildman–Crippen LogP) is -1.92. The molecule has 0 fully saturated rings. The highest BCUT2D eigenvalue weighted by Gasteiger charge is 1.86. The fourth-order valence-corrected chi connectivity index (χ4v) is 2.00. The topological polar surface area (TPSA) is 64.4 Å². The molecule has 2 N–H and O–H groups in total. The second kappa shape index (κ2) is 5.92. The molecule has 0 rings (SSSR count). The average molecular weight is 163 g/mol. The molecule has 0 unspecified atom stereocenters. The zero-order chi connectivity index (χ0) is 7.11. The summed E-state index contributed by atoms with van der Waals surface area (Å²) in [5.74, 6) is 0. The zero-order valence-corrected chi connectivity index (χ0v) is 9.12. The largest absolute Gasteiger partial charge is 0.622 e. The van der Waals surface area contributed by atoms with Gasteiger partial charge in [-0.25, -0.2) is 0 Å². The maximum Gasteiger partial charge on any atom is 0.352 e. The van der Waals surface area contributed by atoms with Crippen molar-refractivity contribution in [2.45, 2.75) is 12.5 Å². The van der Waals surface area contributed by atoms with Gasteiger partial charge in [-0.05, 0) is 19.0 Å². The number of hydrogen-bond donors (Lipinski definition) is 1. The van der Waals surface area contributed by atoms with Crippen LogP contribution in [0.4, 0.5) is 0 Å². The quantitative estimate of drug-likeness (QED) is 0.227. The van der Waals surface area contributed by atoms with Crippen molar-refractivity contribution >= 4 is 20.1 Å².